The molecule has 1 aliphatic heterocycles. The van der Waals surface area contributed by atoms with Crippen LogP contribution in [0, 0.1) is 0 Å². The zero-order chi connectivity index (χ0) is 10.8. The van der Waals surface area contributed by atoms with Gasteiger partial charge in [-0.3, -0.25) is 0 Å². The SMILES string of the molecule is CCCNC1c2cccc(Br)c2OC1C. The Morgan fingerprint density at radius 1 is 1.47 bits per heavy atom. The number of nitrogens with one attached hydrogen (secondary N) is 1. The fourth-order valence-corrected chi connectivity index (χ4v) is 2.45. The molecule has 0 saturated carbocycles. The van der Waals surface area contributed by atoms with E-state index in [0.29, 0.717) is 6.04 Å². The van der Waals surface area contributed by atoms with Crippen LogP contribution in [0.3, 0.4) is 0 Å². The van der Waals surface area contributed by atoms with Crippen molar-refractivity contribution in [2.75, 3.05) is 6.54 Å². The lowest BCUT2D eigenvalue weighted by Gasteiger charge is -2.15. The number of hydrogen-bond donors (Lipinski definition) is 1. The molecule has 1 heterocycles. The van der Waals surface area contributed by atoms with Crippen LogP contribution in [0.15, 0.2) is 22.7 Å². The first-order valence-corrected chi connectivity index (χ1v) is 6.21. The van der Waals surface area contributed by atoms with E-state index in [1.54, 1.807) is 0 Å². The predicted octanol–water partition coefficient (Wildman–Crippen LogP) is 3.27. The minimum atomic E-state index is 0.213. The van der Waals surface area contributed by atoms with Gasteiger partial charge in [0.15, 0.2) is 0 Å². The zero-order valence-corrected chi connectivity index (χ0v) is 10.7. The van der Waals surface area contributed by atoms with Crippen LogP contribution in [0.25, 0.3) is 0 Å². The standard InChI is InChI=1S/C12H16BrNO/c1-3-7-14-11-8(2)15-12-9(11)5-4-6-10(12)13/h4-6,8,11,14H,3,7H2,1-2H3. The van der Waals surface area contributed by atoms with Gasteiger partial charge in [0, 0.05) is 5.56 Å². The van der Waals surface area contributed by atoms with Crippen LogP contribution in [-0.4, -0.2) is 12.6 Å². The van der Waals surface area contributed by atoms with Gasteiger partial charge in [-0.25, -0.2) is 0 Å². The van der Waals surface area contributed by atoms with Gasteiger partial charge < -0.3 is 10.1 Å². The highest BCUT2D eigenvalue weighted by atomic mass is 79.9. The molecule has 2 unspecified atom stereocenters. The molecule has 0 bridgehead atoms. The van der Waals surface area contributed by atoms with Crippen molar-refractivity contribution >= 4 is 15.9 Å². The highest BCUT2D eigenvalue weighted by Crippen LogP contribution is 2.41. The zero-order valence-electron chi connectivity index (χ0n) is 9.09. The molecular weight excluding hydrogens is 254 g/mol. The van der Waals surface area contributed by atoms with E-state index in [1.165, 1.54) is 5.56 Å². The maximum atomic E-state index is 5.84. The molecule has 15 heavy (non-hydrogen) atoms. The normalized spacial score (nSPS) is 23.7. The Kier molecular flexibility index (Phi) is 3.32. The van der Waals surface area contributed by atoms with Crippen LogP contribution in [-0.2, 0) is 0 Å². The maximum Gasteiger partial charge on any atom is 0.138 e. The van der Waals surface area contributed by atoms with E-state index in [4.69, 9.17) is 4.74 Å². The Morgan fingerprint density at radius 2 is 2.27 bits per heavy atom. The Bertz CT molecular complexity index is 353. The molecule has 2 nitrogen and oxygen atoms in total. The van der Waals surface area contributed by atoms with Crippen LogP contribution >= 0.6 is 15.9 Å². The molecule has 0 aliphatic carbocycles. The second-order valence-corrected chi connectivity index (χ2v) is 4.77. The van der Waals surface area contributed by atoms with E-state index in [9.17, 15) is 0 Å². The van der Waals surface area contributed by atoms with Gasteiger partial charge in [-0.2, -0.15) is 0 Å². The molecule has 1 aromatic rings. The topological polar surface area (TPSA) is 21.3 Å². The third-order valence-electron chi connectivity index (χ3n) is 2.72. The molecule has 1 aliphatic rings. The monoisotopic (exact) mass is 269 g/mol. The van der Waals surface area contributed by atoms with Gasteiger partial charge in [0.2, 0.25) is 0 Å². The summed E-state index contributed by atoms with van der Waals surface area (Å²) in [4.78, 5) is 0. The van der Waals surface area contributed by atoms with Gasteiger partial charge in [0.1, 0.15) is 11.9 Å². The smallest absolute Gasteiger partial charge is 0.138 e. The lowest BCUT2D eigenvalue weighted by molar-refractivity contribution is 0.209. The molecule has 0 spiro atoms. The molecule has 0 radical (unpaired) electrons. The molecule has 0 amide bonds. The maximum absolute atomic E-state index is 5.84. The lowest BCUT2D eigenvalue weighted by Crippen LogP contribution is -2.29. The van der Waals surface area contributed by atoms with Crippen molar-refractivity contribution in [1.82, 2.24) is 5.32 Å². The molecule has 0 fully saturated rings. The first-order chi connectivity index (χ1) is 7.24. The molecule has 82 valence electrons. The van der Waals surface area contributed by atoms with Crippen LogP contribution in [0.1, 0.15) is 31.9 Å². The number of ether oxygens (including phenoxy) is 1. The van der Waals surface area contributed by atoms with E-state index < -0.39 is 0 Å². The summed E-state index contributed by atoms with van der Waals surface area (Å²) in [6.07, 6.45) is 1.36. The van der Waals surface area contributed by atoms with Gasteiger partial charge in [0.05, 0.1) is 10.5 Å². The molecule has 0 saturated heterocycles. The molecule has 2 rings (SSSR count). The van der Waals surface area contributed by atoms with Crippen molar-refractivity contribution in [3.05, 3.63) is 28.2 Å². The first kappa shape index (κ1) is 11.0. The van der Waals surface area contributed by atoms with Gasteiger partial charge >= 0.3 is 0 Å². The number of para-hydroxylation sites is 1. The van der Waals surface area contributed by atoms with Crippen LogP contribution in [0.5, 0.6) is 5.75 Å². The van der Waals surface area contributed by atoms with Crippen molar-refractivity contribution in [2.24, 2.45) is 0 Å². The van der Waals surface area contributed by atoms with Crippen molar-refractivity contribution in [2.45, 2.75) is 32.4 Å². The fraction of sp³-hybridized carbons (Fsp3) is 0.500. The van der Waals surface area contributed by atoms with Crippen molar-refractivity contribution in [1.29, 1.82) is 0 Å². The highest BCUT2D eigenvalue weighted by molar-refractivity contribution is 9.10. The second kappa shape index (κ2) is 4.54. The number of benzene rings is 1. The van der Waals surface area contributed by atoms with Gasteiger partial charge in [0.25, 0.3) is 0 Å². The number of halogens is 1. The Hall–Kier alpha value is -0.540. The average molecular weight is 270 g/mol. The third kappa shape index (κ3) is 2.04. The summed E-state index contributed by atoms with van der Waals surface area (Å²) in [6, 6.07) is 6.55. The van der Waals surface area contributed by atoms with Gasteiger partial charge in [-0.05, 0) is 41.9 Å². The highest BCUT2D eigenvalue weighted by Gasteiger charge is 2.31. The third-order valence-corrected chi connectivity index (χ3v) is 3.34. The Balaban J connectivity index is 2.25. The van der Waals surface area contributed by atoms with Crippen molar-refractivity contribution < 1.29 is 4.74 Å². The lowest BCUT2D eigenvalue weighted by atomic mass is 10.0. The molecular formula is C12H16BrNO. The predicted molar refractivity (Wildman–Crippen MR) is 65.3 cm³/mol. The van der Waals surface area contributed by atoms with Crippen molar-refractivity contribution in [3.8, 4) is 5.75 Å². The number of rotatable bonds is 3. The van der Waals surface area contributed by atoms with E-state index >= 15 is 0 Å². The van der Waals surface area contributed by atoms with Crippen LogP contribution in [0.2, 0.25) is 0 Å². The summed E-state index contributed by atoms with van der Waals surface area (Å²) in [7, 11) is 0. The molecule has 3 heteroatoms. The molecule has 1 N–H and O–H groups in total. The summed E-state index contributed by atoms with van der Waals surface area (Å²) in [5, 5.41) is 3.52. The van der Waals surface area contributed by atoms with Crippen molar-refractivity contribution in [3.63, 3.8) is 0 Å². The molecule has 2 atom stereocenters. The minimum absolute atomic E-state index is 0.213. The van der Waals surface area contributed by atoms with Gasteiger partial charge in [-0.15, -0.1) is 0 Å². The van der Waals surface area contributed by atoms with E-state index in [1.807, 2.05) is 6.07 Å². The van der Waals surface area contributed by atoms with E-state index in [2.05, 4.69) is 47.2 Å². The molecule has 0 aromatic heterocycles. The summed E-state index contributed by atoms with van der Waals surface area (Å²) in [5.74, 6) is 0.999. The minimum Gasteiger partial charge on any atom is -0.487 e. The quantitative estimate of drug-likeness (QED) is 0.910. The van der Waals surface area contributed by atoms with E-state index in [-0.39, 0.29) is 6.10 Å². The Morgan fingerprint density at radius 3 is 3.00 bits per heavy atom. The molecule has 1 aromatic carbocycles. The summed E-state index contributed by atoms with van der Waals surface area (Å²) < 4.78 is 6.89. The average Bonchev–Trinajstić information content (AvgIpc) is 2.54. The summed E-state index contributed by atoms with van der Waals surface area (Å²) >= 11 is 3.52. The van der Waals surface area contributed by atoms with Gasteiger partial charge in [-0.1, -0.05) is 19.1 Å². The number of fused-ring (bicyclic) bond motifs is 1. The second-order valence-electron chi connectivity index (χ2n) is 3.91. The summed E-state index contributed by atoms with van der Waals surface area (Å²) in [6.45, 7) is 5.32. The van der Waals surface area contributed by atoms with Crippen LogP contribution in [0.4, 0.5) is 0 Å². The fourth-order valence-electron chi connectivity index (χ4n) is 1.98. The Labute approximate surface area is 99.1 Å². The van der Waals surface area contributed by atoms with E-state index in [0.717, 1.165) is 23.2 Å². The number of hydrogen-bond acceptors (Lipinski definition) is 2. The van der Waals surface area contributed by atoms with Crippen LogP contribution < -0.4 is 10.1 Å². The first-order valence-electron chi connectivity index (χ1n) is 5.42. The largest absolute Gasteiger partial charge is 0.487 e. The summed E-state index contributed by atoms with van der Waals surface area (Å²) in [5.41, 5.74) is 1.27.